The molecule has 3 atom stereocenters. The molecule has 3 fully saturated rings. The molecule has 0 amide bonds. The quantitative estimate of drug-likeness (QED) is 0.867. The highest BCUT2D eigenvalue weighted by atomic mass is 15.3. The lowest BCUT2D eigenvalue weighted by Crippen LogP contribution is -2.36. The second-order valence-corrected chi connectivity index (χ2v) is 8.36. The minimum Gasteiger partial charge on any atom is -0.328 e. The van der Waals surface area contributed by atoms with E-state index < -0.39 is 0 Å². The zero-order valence-corrected chi connectivity index (χ0v) is 15.8. The third kappa shape index (κ3) is 2.87. The Hall–Kier alpha value is -1.73. The van der Waals surface area contributed by atoms with Gasteiger partial charge in [0.15, 0.2) is 5.82 Å². The first kappa shape index (κ1) is 16.4. The maximum Gasteiger partial charge on any atom is 0.152 e. The summed E-state index contributed by atoms with van der Waals surface area (Å²) in [6, 6.07) is 0. The summed E-state index contributed by atoms with van der Waals surface area (Å²) in [5, 5.41) is 12.5. The first-order valence-electron chi connectivity index (χ1n) is 9.99. The van der Waals surface area contributed by atoms with Crippen LogP contribution in [-0.2, 0) is 13.6 Å². The van der Waals surface area contributed by atoms with Crippen molar-refractivity contribution < 1.29 is 0 Å². The molecule has 7 heteroatoms. The third-order valence-corrected chi connectivity index (χ3v) is 6.92. The molecule has 1 N–H and O–H groups in total. The van der Waals surface area contributed by atoms with E-state index in [-0.39, 0.29) is 0 Å². The SMILES string of the molecule is Cc1nccn1Cc1nnc(C2CCN(CC3[C@H]4CNC[C@@H]34)CC2)n1C. The Bertz CT molecular complexity index is 761. The molecule has 1 unspecified atom stereocenters. The fourth-order valence-corrected chi connectivity index (χ4v) is 5.08. The zero-order valence-electron chi connectivity index (χ0n) is 15.8. The highest BCUT2D eigenvalue weighted by Gasteiger charge is 2.52. The van der Waals surface area contributed by atoms with Gasteiger partial charge in [0, 0.05) is 31.9 Å². The molecule has 0 spiro atoms. The number of aryl methyl sites for hydroxylation is 1. The van der Waals surface area contributed by atoms with Crippen LogP contribution in [0.4, 0.5) is 0 Å². The Morgan fingerprint density at radius 2 is 1.92 bits per heavy atom. The van der Waals surface area contributed by atoms with Gasteiger partial charge in [0.1, 0.15) is 11.6 Å². The van der Waals surface area contributed by atoms with E-state index >= 15 is 0 Å². The Morgan fingerprint density at radius 1 is 1.15 bits per heavy atom. The monoisotopic (exact) mass is 355 g/mol. The van der Waals surface area contributed by atoms with Crippen LogP contribution in [-0.4, -0.2) is 61.9 Å². The summed E-state index contributed by atoms with van der Waals surface area (Å²) in [5.74, 6) is 6.64. The molecular formula is C19H29N7. The van der Waals surface area contributed by atoms with Crippen LogP contribution in [0.15, 0.2) is 12.4 Å². The predicted octanol–water partition coefficient (Wildman–Crippen LogP) is 1.01. The molecule has 2 aliphatic heterocycles. The number of fused-ring (bicyclic) bond motifs is 1. The van der Waals surface area contributed by atoms with Gasteiger partial charge in [0.2, 0.25) is 0 Å². The van der Waals surface area contributed by atoms with Gasteiger partial charge in [-0.05, 0) is 63.7 Å². The smallest absolute Gasteiger partial charge is 0.152 e. The molecule has 7 nitrogen and oxygen atoms in total. The van der Waals surface area contributed by atoms with Crippen LogP contribution in [0.5, 0.6) is 0 Å². The summed E-state index contributed by atoms with van der Waals surface area (Å²) in [6.07, 6.45) is 6.25. The lowest BCUT2D eigenvalue weighted by atomic mass is 9.95. The minimum atomic E-state index is 0.543. The number of hydrogen-bond acceptors (Lipinski definition) is 5. The van der Waals surface area contributed by atoms with E-state index in [4.69, 9.17) is 0 Å². The Kier molecular flexibility index (Phi) is 4.09. The number of likely N-dealkylation sites (tertiary alicyclic amines) is 1. The largest absolute Gasteiger partial charge is 0.328 e. The average molecular weight is 355 g/mol. The maximum absolute atomic E-state index is 4.55. The van der Waals surface area contributed by atoms with E-state index in [0.717, 1.165) is 41.8 Å². The van der Waals surface area contributed by atoms with Crippen molar-refractivity contribution in [3.8, 4) is 0 Å². The van der Waals surface area contributed by atoms with Crippen molar-refractivity contribution in [1.29, 1.82) is 0 Å². The van der Waals surface area contributed by atoms with E-state index in [1.807, 2.05) is 19.3 Å². The Balaban J connectivity index is 1.18. The number of piperidine rings is 2. The van der Waals surface area contributed by atoms with Crippen LogP contribution < -0.4 is 5.32 Å². The maximum atomic E-state index is 4.55. The number of rotatable bonds is 5. The summed E-state index contributed by atoms with van der Waals surface area (Å²) in [7, 11) is 2.11. The van der Waals surface area contributed by atoms with Gasteiger partial charge in [-0.25, -0.2) is 4.98 Å². The van der Waals surface area contributed by atoms with Crippen molar-refractivity contribution in [2.45, 2.75) is 32.2 Å². The molecule has 2 aromatic heterocycles. The van der Waals surface area contributed by atoms with E-state index in [2.05, 4.69) is 41.6 Å². The Morgan fingerprint density at radius 3 is 2.62 bits per heavy atom. The van der Waals surface area contributed by atoms with Crippen LogP contribution in [0, 0.1) is 24.7 Å². The molecule has 1 saturated carbocycles. The van der Waals surface area contributed by atoms with Crippen LogP contribution >= 0.6 is 0 Å². The first-order valence-corrected chi connectivity index (χ1v) is 9.99. The number of aromatic nitrogens is 5. The topological polar surface area (TPSA) is 63.8 Å². The van der Waals surface area contributed by atoms with Crippen molar-refractivity contribution in [1.82, 2.24) is 34.5 Å². The number of nitrogens with one attached hydrogen (secondary N) is 1. The Labute approximate surface area is 154 Å². The standard InChI is InChI=1S/C19H29N7/c1-13-21-5-8-26(13)12-18-22-23-19(24(18)2)14-3-6-25(7-4-14)11-17-15-9-20-10-16(15)17/h5,8,14-17,20H,3-4,6-7,9-12H2,1-2H3/t15-,16+,17?. The minimum absolute atomic E-state index is 0.543. The number of hydrogen-bond donors (Lipinski definition) is 1. The highest BCUT2D eigenvalue weighted by Crippen LogP contribution is 2.49. The molecular weight excluding hydrogens is 326 g/mol. The van der Waals surface area contributed by atoms with Crippen molar-refractivity contribution in [2.75, 3.05) is 32.7 Å². The molecule has 140 valence electrons. The van der Waals surface area contributed by atoms with Gasteiger partial charge in [-0.15, -0.1) is 10.2 Å². The molecule has 4 heterocycles. The van der Waals surface area contributed by atoms with Gasteiger partial charge in [-0.2, -0.15) is 0 Å². The fraction of sp³-hybridized carbons (Fsp3) is 0.737. The molecule has 0 bridgehead atoms. The van der Waals surface area contributed by atoms with Gasteiger partial charge in [-0.1, -0.05) is 0 Å². The van der Waals surface area contributed by atoms with E-state index in [9.17, 15) is 0 Å². The summed E-state index contributed by atoms with van der Waals surface area (Å²) in [5.41, 5.74) is 0. The third-order valence-electron chi connectivity index (χ3n) is 6.92. The van der Waals surface area contributed by atoms with Crippen molar-refractivity contribution in [3.63, 3.8) is 0 Å². The van der Waals surface area contributed by atoms with Crippen LogP contribution in [0.1, 0.15) is 36.2 Å². The zero-order chi connectivity index (χ0) is 17.7. The predicted molar refractivity (Wildman–Crippen MR) is 98.8 cm³/mol. The fourth-order valence-electron chi connectivity index (χ4n) is 5.08. The van der Waals surface area contributed by atoms with E-state index in [1.165, 1.54) is 45.6 Å². The molecule has 2 aromatic rings. The molecule has 0 aromatic carbocycles. The summed E-state index contributed by atoms with van der Waals surface area (Å²) < 4.78 is 4.33. The molecule has 3 aliphatic rings. The molecule has 1 aliphatic carbocycles. The summed E-state index contributed by atoms with van der Waals surface area (Å²) >= 11 is 0. The highest BCUT2D eigenvalue weighted by molar-refractivity contribution is 5.07. The van der Waals surface area contributed by atoms with Gasteiger partial charge in [0.05, 0.1) is 6.54 Å². The van der Waals surface area contributed by atoms with Crippen LogP contribution in [0.3, 0.4) is 0 Å². The van der Waals surface area contributed by atoms with Gasteiger partial charge in [-0.3, -0.25) is 0 Å². The first-order chi connectivity index (χ1) is 12.7. The normalized spacial score (nSPS) is 29.2. The van der Waals surface area contributed by atoms with E-state index in [0.29, 0.717) is 5.92 Å². The second kappa shape index (κ2) is 6.46. The molecule has 2 saturated heterocycles. The van der Waals surface area contributed by atoms with Crippen molar-refractivity contribution >= 4 is 0 Å². The summed E-state index contributed by atoms with van der Waals surface area (Å²) in [4.78, 5) is 6.98. The molecule has 26 heavy (non-hydrogen) atoms. The average Bonchev–Trinajstić information content (AvgIpc) is 3.08. The molecule has 5 rings (SSSR count). The second-order valence-electron chi connectivity index (χ2n) is 8.36. The van der Waals surface area contributed by atoms with Crippen molar-refractivity contribution in [2.24, 2.45) is 24.8 Å². The van der Waals surface area contributed by atoms with Gasteiger partial charge in [0.25, 0.3) is 0 Å². The van der Waals surface area contributed by atoms with Crippen molar-refractivity contribution in [3.05, 3.63) is 29.9 Å². The van der Waals surface area contributed by atoms with Crippen LogP contribution in [0.2, 0.25) is 0 Å². The lowest BCUT2D eigenvalue weighted by molar-refractivity contribution is 0.193. The van der Waals surface area contributed by atoms with E-state index in [1.54, 1.807) is 0 Å². The van der Waals surface area contributed by atoms with Gasteiger partial charge >= 0.3 is 0 Å². The molecule has 0 radical (unpaired) electrons. The van der Waals surface area contributed by atoms with Crippen LogP contribution in [0.25, 0.3) is 0 Å². The number of nitrogens with zero attached hydrogens (tertiary/aromatic N) is 6. The number of imidazole rings is 1. The van der Waals surface area contributed by atoms with Gasteiger partial charge < -0.3 is 19.4 Å². The summed E-state index contributed by atoms with van der Waals surface area (Å²) in [6.45, 7) is 9.00. The lowest BCUT2D eigenvalue weighted by Gasteiger charge is -2.32.